The number of hydrogen-bond acceptors (Lipinski definition) is 4. The summed E-state index contributed by atoms with van der Waals surface area (Å²) in [5.41, 5.74) is 1.60. The molecule has 5 nitrogen and oxygen atoms in total. The Balaban J connectivity index is 2.20. The van der Waals surface area contributed by atoms with E-state index in [9.17, 15) is 8.42 Å². The van der Waals surface area contributed by atoms with E-state index < -0.39 is 10.0 Å². The van der Waals surface area contributed by atoms with E-state index in [-0.39, 0.29) is 4.90 Å². The second kappa shape index (κ2) is 4.52. The Kier molecular flexibility index (Phi) is 3.08. The predicted octanol–water partition coefficient (Wildman–Crippen LogP) is 1.47. The largest absolute Gasteiger partial charge is 0.354 e. The Hall–Kier alpha value is -1.92. The third-order valence-corrected chi connectivity index (χ3v) is 3.06. The quantitative estimate of drug-likeness (QED) is 0.862. The van der Waals surface area contributed by atoms with Crippen molar-refractivity contribution in [2.45, 2.75) is 4.90 Å². The lowest BCUT2D eigenvalue weighted by Crippen LogP contribution is -2.11. The number of rotatable bonds is 3. The fourth-order valence-electron chi connectivity index (χ4n) is 1.33. The Morgan fingerprint density at radius 1 is 1.06 bits per heavy atom. The Labute approximate surface area is 99.4 Å². The van der Waals surface area contributed by atoms with Crippen molar-refractivity contribution in [3.63, 3.8) is 0 Å². The molecule has 0 aliphatic rings. The maximum atomic E-state index is 11.0. The van der Waals surface area contributed by atoms with Gasteiger partial charge in [0.05, 0.1) is 16.8 Å². The summed E-state index contributed by atoms with van der Waals surface area (Å²) >= 11 is 0. The van der Waals surface area contributed by atoms with Crippen molar-refractivity contribution >= 4 is 21.4 Å². The first-order valence-electron chi connectivity index (χ1n) is 4.85. The number of nitrogens with two attached hydrogens (primary N) is 1. The highest BCUT2D eigenvalue weighted by atomic mass is 32.2. The molecular formula is C11H11N3O2S. The van der Waals surface area contributed by atoms with Gasteiger partial charge in [0, 0.05) is 11.9 Å². The zero-order valence-electron chi connectivity index (χ0n) is 8.87. The molecule has 1 aromatic carbocycles. The van der Waals surface area contributed by atoms with E-state index in [0.29, 0.717) is 0 Å². The van der Waals surface area contributed by atoms with Crippen LogP contribution in [0.1, 0.15) is 0 Å². The topological polar surface area (TPSA) is 85.1 Å². The van der Waals surface area contributed by atoms with Crippen molar-refractivity contribution in [2.75, 3.05) is 5.32 Å². The summed E-state index contributed by atoms with van der Waals surface area (Å²) in [7, 11) is -3.63. The van der Waals surface area contributed by atoms with E-state index in [0.717, 1.165) is 11.4 Å². The first-order chi connectivity index (χ1) is 8.05. The minimum Gasteiger partial charge on any atom is -0.354 e. The average Bonchev–Trinajstić information content (AvgIpc) is 2.30. The minimum absolute atomic E-state index is 0.0919. The van der Waals surface area contributed by atoms with Gasteiger partial charge < -0.3 is 5.32 Å². The summed E-state index contributed by atoms with van der Waals surface area (Å²) in [5.74, 6) is 0. The van der Waals surface area contributed by atoms with Gasteiger partial charge in [0.1, 0.15) is 0 Å². The molecular weight excluding hydrogens is 238 g/mol. The maximum Gasteiger partial charge on any atom is 0.238 e. The molecule has 17 heavy (non-hydrogen) atoms. The van der Waals surface area contributed by atoms with Crippen LogP contribution in [0.15, 0.2) is 53.7 Å². The number of primary sulfonamides is 1. The fraction of sp³-hybridized carbons (Fsp3) is 0. The molecule has 0 aliphatic heterocycles. The first kappa shape index (κ1) is 11.6. The summed E-state index contributed by atoms with van der Waals surface area (Å²) in [4.78, 5) is 4.05. The van der Waals surface area contributed by atoms with Crippen molar-refractivity contribution in [2.24, 2.45) is 5.14 Å². The number of hydrogen-bond donors (Lipinski definition) is 2. The molecule has 0 aliphatic carbocycles. The van der Waals surface area contributed by atoms with Gasteiger partial charge in [-0.25, -0.2) is 13.6 Å². The molecule has 0 atom stereocenters. The van der Waals surface area contributed by atoms with Crippen LogP contribution in [0.2, 0.25) is 0 Å². The maximum absolute atomic E-state index is 11.0. The normalized spacial score (nSPS) is 11.1. The lowest BCUT2D eigenvalue weighted by molar-refractivity contribution is 0.598. The SMILES string of the molecule is NS(=O)(=O)c1ccc(Nc2cccnc2)cc1. The van der Waals surface area contributed by atoms with Crippen LogP contribution in [-0.2, 0) is 10.0 Å². The van der Waals surface area contributed by atoms with Gasteiger partial charge in [-0.15, -0.1) is 0 Å². The van der Waals surface area contributed by atoms with Gasteiger partial charge in [-0.3, -0.25) is 4.98 Å². The molecule has 0 spiro atoms. The molecule has 0 radical (unpaired) electrons. The van der Waals surface area contributed by atoms with Gasteiger partial charge in [-0.2, -0.15) is 0 Å². The number of anilines is 2. The zero-order valence-corrected chi connectivity index (χ0v) is 9.68. The van der Waals surface area contributed by atoms with Gasteiger partial charge >= 0.3 is 0 Å². The molecule has 0 bridgehead atoms. The monoisotopic (exact) mass is 249 g/mol. The van der Waals surface area contributed by atoms with Crippen molar-refractivity contribution in [3.05, 3.63) is 48.8 Å². The third kappa shape index (κ3) is 3.02. The molecule has 3 N–H and O–H groups in total. The number of aromatic nitrogens is 1. The van der Waals surface area contributed by atoms with Crippen LogP contribution in [0.3, 0.4) is 0 Å². The summed E-state index contributed by atoms with van der Waals surface area (Å²) in [6, 6.07) is 9.86. The summed E-state index contributed by atoms with van der Waals surface area (Å²) in [6.45, 7) is 0. The highest BCUT2D eigenvalue weighted by molar-refractivity contribution is 7.89. The number of pyridine rings is 1. The van der Waals surface area contributed by atoms with Crippen molar-refractivity contribution < 1.29 is 8.42 Å². The van der Waals surface area contributed by atoms with Crippen LogP contribution < -0.4 is 10.5 Å². The van der Waals surface area contributed by atoms with Crippen LogP contribution >= 0.6 is 0 Å². The zero-order chi connectivity index (χ0) is 12.3. The lowest BCUT2D eigenvalue weighted by atomic mass is 10.3. The number of nitrogens with one attached hydrogen (secondary N) is 1. The van der Waals surface area contributed by atoms with Crippen molar-refractivity contribution in [1.29, 1.82) is 0 Å². The van der Waals surface area contributed by atoms with E-state index in [4.69, 9.17) is 5.14 Å². The lowest BCUT2D eigenvalue weighted by Gasteiger charge is -2.06. The van der Waals surface area contributed by atoms with Crippen molar-refractivity contribution in [3.8, 4) is 0 Å². The smallest absolute Gasteiger partial charge is 0.238 e. The molecule has 2 aromatic rings. The molecule has 1 heterocycles. The predicted molar refractivity (Wildman–Crippen MR) is 65.3 cm³/mol. The molecule has 0 saturated heterocycles. The first-order valence-corrected chi connectivity index (χ1v) is 6.40. The molecule has 6 heteroatoms. The van der Waals surface area contributed by atoms with Crippen LogP contribution in [-0.4, -0.2) is 13.4 Å². The number of nitrogens with zero attached hydrogens (tertiary/aromatic N) is 1. The summed E-state index contributed by atoms with van der Waals surface area (Å²) in [6.07, 6.45) is 3.35. The van der Waals surface area contributed by atoms with Gasteiger partial charge in [0.25, 0.3) is 0 Å². The van der Waals surface area contributed by atoms with E-state index in [1.165, 1.54) is 12.1 Å². The van der Waals surface area contributed by atoms with Crippen LogP contribution in [0.4, 0.5) is 11.4 Å². The Bertz CT molecular complexity index is 594. The van der Waals surface area contributed by atoms with E-state index >= 15 is 0 Å². The van der Waals surface area contributed by atoms with E-state index in [2.05, 4.69) is 10.3 Å². The Morgan fingerprint density at radius 3 is 2.29 bits per heavy atom. The van der Waals surface area contributed by atoms with E-state index in [1.807, 2.05) is 6.07 Å². The van der Waals surface area contributed by atoms with Gasteiger partial charge in [-0.05, 0) is 36.4 Å². The van der Waals surface area contributed by atoms with Crippen LogP contribution in [0.25, 0.3) is 0 Å². The molecule has 1 aromatic heterocycles. The van der Waals surface area contributed by atoms with Crippen LogP contribution in [0, 0.1) is 0 Å². The summed E-state index contributed by atoms with van der Waals surface area (Å²) < 4.78 is 22.1. The molecule has 0 saturated carbocycles. The Morgan fingerprint density at radius 2 is 1.76 bits per heavy atom. The molecule has 2 rings (SSSR count). The minimum atomic E-state index is -3.63. The van der Waals surface area contributed by atoms with Crippen LogP contribution in [0.5, 0.6) is 0 Å². The molecule has 0 unspecified atom stereocenters. The second-order valence-corrected chi connectivity index (χ2v) is 5.00. The van der Waals surface area contributed by atoms with Gasteiger partial charge in [0.2, 0.25) is 10.0 Å². The fourth-order valence-corrected chi connectivity index (χ4v) is 1.85. The number of sulfonamides is 1. The average molecular weight is 249 g/mol. The van der Waals surface area contributed by atoms with E-state index in [1.54, 1.807) is 30.6 Å². The van der Waals surface area contributed by atoms with Gasteiger partial charge in [0.15, 0.2) is 0 Å². The highest BCUT2D eigenvalue weighted by Crippen LogP contribution is 2.17. The molecule has 0 amide bonds. The molecule has 88 valence electrons. The van der Waals surface area contributed by atoms with Gasteiger partial charge in [-0.1, -0.05) is 0 Å². The highest BCUT2D eigenvalue weighted by Gasteiger charge is 2.06. The summed E-state index contributed by atoms with van der Waals surface area (Å²) in [5, 5.41) is 8.09. The number of benzene rings is 1. The van der Waals surface area contributed by atoms with Crippen molar-refractivity contribution in [1.82, 2.24) is 4.98 Å². The second-order valence-electron chi connectivity index (χ2n) is 3.44. The molecule has 0 fully saturated rings. The standard InChI is InChI=1S/C11H11N3O2S/c12-17(15,16)11-5-3-9(4-6-11)14-10-2-1-7-13-8-10/h1-8,14H,(H2,12,15,16). The third-order valence-electron chi connectivity index (χ3n) is 2.13.